The molecule has 1 aromatic rings. The van der Waals surface area contributed by atoms with Crippen molar-refractivity contribution in [1.29, 1.82) is 0 Å². The van der Waals surface area contributed by atoms with E-state index in [2.05, 4.69) is 29.8 Å². The van der Waals surface area contributed by atoms with Crippen LogP contribution in [-0.4, -0.2) is 24.7 Å². The lowest BCUT2D eigenvalue weighted by atomic mass is 9.83. The Morgan fingerprint density at radius 3 is 2.29 bits per heavy atom. The first-order valence-electron chi connectivity index (χ1n) is 6.98. The van der Waals surface area contributed by atoms with Gasteiger partial charge in [-0.25, -0.2) is 13.2 Å². The summed E-state index contributed by atoms with van der Waals surface area (Å²) < 4.78 is 26.3. The summed E-state index contributed by atoms with van der Waals surface area (Å²) in [4.78, 5) is 11.2. The summed E-state index contributed by atoms with van der Waals surface area (Å²) >= 11 is 3.23. The third kappa shape index (κ3) is 3.48. The molecule has 0 spiro atoms. The molecule has 2 atom stereocenters. The van der Waals surface area contributed by atoms with Crippen molar-refractivity contribution in [2.45, 2.75) is 43.3 Å². The van der Waals surface area contributed by atoms with Crippen LogP contribution in [0.3, 0.4) is 0 Å². The molecule has 1 saturated carbocycles. The van der Waals surface area contributed by atoms with E-state index in [0.717, 1.165) is 6.42 Å². The number of carboxylic acids is 1. The largest absolute Gasteiger partial charge is 0.478 e. The van der Waals surface area contributed by atoms with Crippen molar-refractivity contribution in [1.82, 2.24) is 0 Å². The molecular formula is C15H19BrO4S. The fourth-order valence-electron chi connectivity index (χ4n) is 3.21. The lowest BCUT2D eigenvalue weighted by Gasteiger charge is -2.31. The second kappa shape index (κ2) is 6.08. The van der Waals surface area contributed by atoms with Crippen LogP contribution in [0.15, 0.2) is 27.6 Å². The quantitative estimate of drug-likeness (QED) is 0.874. The van der Waals surface area contributed by atoms with Gasteiger partial charge in [0.1, 0.15) is 0 Å². The van der Waals surface area contributed by atoms with E-state index in [0.29, 0.717) is 29.2 Å². The van der Waals surface area contributed by atoms with E-state index >= 15 is 0 Å². The molecule has 1 aliphatic carbocycles. The van der Waals surface area contributed by atoms with Crippen molar-refractivity contribution in [3.63, 3.8) is 0 Å². The molecule has 21 heavy (non-hydrogen) atoms. The van der Waals surface area contributed by atoms with Crippen molar-refractivity contribution in [2.24, 2.45) is 11.8 Å². The minimum Gasteiger partial charge on any atom is -0.478 e. The summed E-state index contributed by atoms with van der Waals surface area (Å²) in [6.07, 6.45) is 2.22. The van der Waals surface area contributed by atoms with Crippen LogP contribution >= 0.6 is 15.9 Å². The number of benzene rings is 1. The number of rotatable bonds is 3. The first-order chi connectivity index (χ1) is 9.71. The molecule has 4 nitrogen and oxygen atoms in total. The average molecular weight is 375 g/mol. The number of halogens is 1. The van der Waals surface area contributed by atoms with E-state index in [4.69, 9.17) is 0 Å². The van der Waals surface area contributed by atoms with Gasteiger partial charge < -0.3 is 5.11 Å². The van der Waals surface area contributed by atoms with Gasteiger partial charge in [-0.15, -0.1) is 0 Å². The highest BCUT2D eigenvalue weighted by Gasteiger charge is 2.36. The van der Waals surface area contributed by atoms with Gasteiger partial charge in [-0.05, 0) is 49.3 Å². The lowest BCUT2D eigenvalue weighted by molar-refractivity contribution is 0.0692. The molecule has 0 radical (unpaired) electrons. The Hall–Kier alpha value is -0.880. The Balaban J connectivity index is 2.49. The maximum Gasteiger partial charge on any atom is 0.337 e. The molecule has 116 valence electrons. The Labute approximate surface area is 133 Å². The van der Waals surface area contributed by atoms with E-state index < -0.39 is 21.1 Å². The molecule has 6 heteroatoms. The number of hydrogen-bond acceptors (Lipinski definition) is 3. The molecule has 2 rings (SSSR count). The van der Waals surface area contributed by atoms with E-state index in [1.54, 1.807) is 6.07 Å². The normalized spacial score (nSPS) is 26.5. The van der Waals surface area contributed by atoms with Crippen LogP contribution in [0.25, 0.3) is 0 Å². The van der Waals surface area contributed by atoms with Gasteiger partial charge in [-0.1, -0.05) is 29.8 Å². The third-order valence-electron chi connectivity index (χ3n) is 4.05. The summed E-state index contributed by atoms with van der Waals surface area (Å²) in [6.45, 7) is 4.11. The van der Waals surface area contributed by atoms with Crippen molar-refractivity contribution in [2.75, 3.05) is 0 Å². The Morgan fingerprint density at radius 1 is 1.19 bits per heavy atom. The molecule has 2 unspecified atom stereocenters. The Kier molecular flexibility index (Phi) is 4.78. The lowest BCUT2D eigenvalue weighted by Crippen LogP contribution is -2.31. The zero-order valence-electron chi connectivity index (χ0n) is 12.0. The zero-order valence-corrected chi connectivity index (χ0v) is 14.4. The highest BCUT2D eigenvalue weighted by molar-refractivity contribution is 9.10. The SMILES string of the molecule is CC1CC(C)CC(S(=O)(=O)c2cc(Br)ccc2C(=O)O)C1. The van der Waals surface area contributed by atoms with Crippen molar-refractivity contribution in [3.05, 3.63) is 28.2 Å². The second-order valence-corrected chi connectivity index (χ2v) is 9.14. The maximum absolute atomic E-state index is 12.9. The summed E-state index contributed by atoms with van der Waals surface area (Å²) in [5, 5.41) is 8.75. The number of aromatic carboxylic acids is 1. The first kappa shape index (κ1) is 16.5. The summed E-state index contributed by atoms with van der Waals surface area (Å²) in [6, 6.07) is 4.30. The van der Waals surface area contributed by atoms with Crippen LogP contribution < -0.4 is 0 Å². The predicted molar refractivity (Wildman–Crippen MR) is 84.3 cm³/mol. The van der Waals surface area contributed by atoms with Crippen LogP contribution in [-0.2, 0) is 9.84 Å². The van der Waals surface area contributed by atoms with Crippen molar-refractivity contribution < 1.29 is 18.3 Å². The summed E-state index contributed by atoms with van der Waals surface area (Å²) in [5.41, 5.74) is -0.149. The van der Waals surface area contributed by atoms with Crippen LogP contribution in [0.4, 0.5) is 0 Å². The molecule has 1 N–H and O–H groups in total. The summed E-state index contributed by atoms with van der Waals surface area (Å²) in [5.74, 6) is -0.527. The minimum atomic E-state index is -3.64. The van der Waals surface area contributed by atoms with E-state index in [-0.39, 0.29) is 10.5 Å². The van der Waals surface area contributed by atoms with Crippen LogP contribution in [0.1, 0.15) is 43.5 Å². The van der Waals surface area contributed by atoms with Gasteiger partial charge in [-0.2, -0.15) is 0 Å². The molecule has 0 saturated heterocycles. The predicted octanol–water partition coefficient (Wildman–Crippen LogP) is 3.75. The molecule has 0 heterocycles. The maximum atomic E-state index is 12.9. The van der Waals surface area contributed by atoms with Gasteiger partial charge in [0.2, 0.25) is 0 Å². The highest BCUT2D eigenvalue weighted by atomic mass is 79.9. The number of sulfone groups is 1. The highest BCUT2D eigenvalue weighted by Crippen LogP contribution is 2.36. The van der Waals surface area contributed by atoms with Crippen LogP contribution in [0, 0.1) is 11.8 Å². The Morgan fingerprint density at radius 2 is 1.76 bits per heavy atom. The van der Waals surface area contributed by atoms with Gasteiger partial charge in [-0.3, -0.25) is 0 Å². The standard InChI is InChI=1S/C15H19BrO4S/c1-9-5-10(2)7-12(6-9)21(19,20)14-8-11(16)3-4-13(14)15(17)18/h3-4,8-10,12H,5-7H2,1-2H3,(H,17,18). The molecule has 0 aromatic heterocycles. The first-order valence-corrected chi connectivity index (χ1v) is 9.32. The fourth-order valence-corrected chi connectivity index (χ4v) is 6.00. The van der Waals surface area contributed by atoms with E-state index in [1.165, 1.54) is 12.1 Å². The van der Waals surface area contributed by atoms with Gasteiger partial charge in [0, 0.05) is 4.47 Å². The van der Waals surface area contributed by atoms with Crippen molar-refractivity contribution in [3.8, 4) is 0 Å². The molecular weight excluding hydrogens is 356 g/mol. The van der Waals surface area contributed by atoms with E-state index in [1.807, 2.05) is 0 Å². The molecule has 0 bridgehead atoms. The molecule has 1 aliphatic rings. The fraction of sp³-hybridized carbons (Fsp3) is 0.533. The Bertz CT molecular complexity index is 644. The second-order valence-electron chi connectivity index (χ2n) is 6.03. The molecule has 1 aromatic carbocycles. The molecule has 0 amide bonds. The number of carboxylic acid groups (broad SMARTS) is 1. The third-order valence-corrected chi connectivity index (χ3v) is 6.76. The smallest absolute Gasteiger partial charge is 0.337 e. The molecule has 1 fully saturated rings. The topological polar surface area (TPSA) is 71.4 Å². The van der Waals surface area contributed by atoms with Gasteiger partial charge >= 0.3 is 5.97 Å². The van der Waals surface area contributed by atoms with Gasteiger partial charge in [0.25, 0.3) is 0 Å². The number of carbonyl (C=O) groups is 1. The van der Waals surface area contributed by atoms with Gasteiger partial charge in [0.15, 0.2) is 9.84 Å². The van der Waals surface area contributed by atoms with Crippen LogP contribution in [0.5, 0.6) is 0 Å². The zero-order chi connectivity index (χ0) is 15.8. The minimum absolute atomic E-state index is 0.0734. The molecule has 0 aliphatic heterocycles. The van der Waals surface area contributed by atoms with E-state index in [9.17, 15) is 18.3 Å². The summed E-state index contributed by atoms with van der Waals surface area (Å²) in [7, 11) is -3.64. The number of hydrogen-bond donors (Lipinski definition) is 1. The van der Waals surface area contributed by atoms with Crippen LogP contribution in [0.2, 0.25) is 0 Å². The monoisotopic (exact) mass is 374 g/mol. The van der Waals surface area contributed by atoms with Crippen molar-refractivity contribution >= 4 is 31.7 Å². The average Bonchev–Trinajstić information content (AvgIpc) is 2.37. The van der Waals surface area contributed by atoms with Gasteiger partial charge in [0.05, 0.1) is 15.7 Å².